The maximum absolute atomic E-state index is 8.75. The van der Waals surface area contributed by atoms with Gasteiger partial charge in [0.1, 0.15) is 10.7 Å². The summed E-state index contributed by atoms with van der Waals surface area (Å²) in [6, 6.07) is 3.82. The molecule has 2 aromatic heterocycles. The van der Waals surface area contributed by atoms with Gasteiger partial charge in [-0.05, 0) is 37.9 Å². The van der Waals surface area contributed by atoms with Gasteiger partial charge in [0.05, 0.1) is 0 Å². The van der Waals surface area contributed by atoms with Crippen LogP contribution in [0.15, 0.2) is 14.6 Å². The quantitative estimate of drug-likeness (QED) is 0.826. The highest BCUT2D eigenvalue weighted by molar-refractivity contribution is 9.11. The lowest BCUT2D eigenvalue weighted by Gasteiger charge is -1.98. The number of aromatic nitrogens is 3. The number of hydrogen-bond donors (Lipinski definition) is 0. The highest BCUT2D eigenvalue weighted by Crippen LogP contribution is 2.29. The van der Waals surface area contributed by atoms with E-state index in [2.05, 4.69) is 41.9 Å². The van der Waals surface area contributed by atoms with Gasteiger partial charge in [-0.2, -0.15) is 10.4 Å². The van der Waals surface area contributed by atoms with Crippen LogP contribution in [0, 0.1) is 11.3 Å². The molecular weight excluding hydrogens is 356 g/mol. The van der Waals surface area contributed by atoms with E-state index in [-0.39, 0.29) is 0 Å². The maximum atomic E-state index is 8.75. The molecule has 0 bridgehead atoms. The molecule has 0 N–H and O–H groups in total. The van der Waals surface area contributed by atoms with Gasteiger partial charge in [-0.25, -0.2) is 4.98 Å². The van der Waals surface area contributed by atoms with Crippen molar-refractivity contribution in [3.8, 4) is 6.07 Å². The average Bonchev–Trinajstić information content (AvgIpc) is 2.72. The van der Waals surface area contributed by atoms with Crippen molar-refractivity contribution in [3.63, 3.8) is 0 Å². The van der Waals surface area contributed by atoms with E-state index >= 15 is 0 Å². The summed E-state index contributed by atoms with van der Waals surface area (Å²) < 4.78 is 3.40. The standard InChI is InChI=1S/C9H6Br2N4S/c1-15-6(2-5(4-12)14-15)3-7-8(10)13-9(11)16-7/h2H,3H2,1H3. The monoisotopic (exact) mass is 360 g/mol. The molecule has 0 spiro atoms. The van der Waals surface area contributed by atoms with E-state index < -0.39 is 0 Å². The Morgan fingerprint density at radius 1 is 1.56 bits per heavy atom. The Hall–Kier alpha value is -0.710. The van der Waals surface area contributed by atoms with Crippen LogP contribution in [0.1, 0.15) is 16.3 Å². The highest BCUT2D eigenvalue weighted by atomic mass is 79.9. The average molecular weight is 362 g/mol. The van der Waals surface area contributed by atoms with Gasteiger partial charge in [0.2, 0.25) is 0 Å². The maximum Gasteiger partial charge on any atom is 0.162 e. The van der Waals surface area contributed by atoms with Crippen molar-refractivity contribution in [3.05, 3.63) is 30.9 Å². The van der Waals surface area contributed by atoms with Gasteiger partial charge in [-0.1, -0.05) is 0 Å². The van der Waals surface area contributed by atoms with E-state index in [1.807, 2.05) is 13.1 Å². The molecule has 4 nitrogen and oxygen atoms in total. The van der Waals surface area contributed by atoms with Crippen molar-refractivity contribution >= 4 is 43.2 Å². The van der Waals surface area contributed by atoms with Crippen LogP contribution < -0.4 is 0 Å². The second-order valence-electron chi connectivity index (χ2n) is 3.11. The Morgan fingerprint density at radius 3 is 2.81 bits per heavy atom. The van der Waals surface area contributed by atoms with Crippen LogP contribution in [-0.2, 0) is 13.5 Å². The van der Waals surface area contributed by atoms with Crippen molar-refractivity contribution in [2.45, 2.75) is 6.42 Å². The van der Waals surface area contributed by atoms with Gasteiger partial charge in [0.25, 0.3) is 0 Å². The summed E-state index contributed by atoms with van der Waals surface area (Å²) in [5.41, 5.74) is 1.44. The minimum atomic E-state index is 0.442. The smallest absolute Gasteiger partial charge is 0.162 e. The molecule has 0 amide bonds. The molecule has 0 atom stereocenters. The van der Waals surface area contributed by atoms with Crippen LogP contribution in [0.25, 0.3) is 0 Å². The molecule has 0 aliphatic heterocycles. The second kappa shape index (κ2) is 4.65. The van der Waals surface area contributed by atoms with E-state index in [1.54, 1.807) is 22.1 Å². The SMILES string of the molecule is Cn1nc(C#N)cc1Cc1sc(Br)nc1Br. The van der Waals surface area contributed by atoms with E-state index in [0.29, 0.717) is 5.69 Å². The second-order valence-corrected chi connectivity index (χ2v) is 6.22. The fourth-order valence-electron chi connectivity index (χ4n) is 1.31. The molecule has 2 aromatic rings. The van der Waals surface area contributed by atoms with Crippen LogP contribution in [0.4, 0.5) is 0 Å². The third kappa shape index (κ3) is 2.34. The third-order valence-electron chi connectivity index (χ3n) is 2.06. The molecule has 0 aliphatic carbocycles. The van der Waals surface area contributed by atoms with E-state index in [4.69, 9.17) is 5.26 Å². The fourth-order valence-corrected chi connectivity index (χ4v) is 3.67. The van der Waals surface area contributed by atoms with Crippen molar-refractivity contribution in [2.75, 3.05) is 0 Å². The number of aryl methyl sites for hydroxylation is 1. The molecule has 0 saturated heterocycles. The molecule has 0 radical (unpaired) electrons. The number of halogens is 2. The third-order valence-corrected chi connectivity index (χ3v) is 4.48. The number of rotatable bonds is 2. The Bertz CT molecular complexity index is 567. The van der Waals surface area contributed by atoms with Crippen molar-refractivity contribution in [1.29, 1.82) is 5.26 Å². The lowest BCUT2D eigenvalue weighted by atomic mass is 10.2. The Balaban J connectivity index is 2.30. The Kier molecular flexibility index (Phi) is 3.42. The predicted octanol–water partition coefficient (Wildman–Crippen LogP) is 2.86. The molecule has 2 heterocycles. The molecule has 0 aromatic carbocycles. The van der Waals surface area contributed by atoms with Gasteiger partial charge in [-0.15, -0.1) is 11.3 Å². The first-order valence-corrected chi connectivity index (χ1v) is 6.74. The Morgan fingerprint density at radius 2 is 2.31 bits per heavy atom. The van der Waals surface area contributed by atoms with E-state index in [9.17, 15) is 0 Å². The van der Waals surface area contributed by atoms with Gasteiger partial charge < -0.3 is 0 Å². The lowest BCUT2D eigenvalue weighted by Crippen LogP contribution is -1.98. The number of nitriles is 1. The van der Waals surface area contributed by atoms with Gasteiger partial charge >= 0.3 is 0 Å². The zero-order chi connectivity index (χ0) is 11.7. The normalized spacial score (nSPS) is 10.4. The molecule has 2 rings (SSSR count). The summed E-state index contributed by atoms with van der Waals surface area (Å²) in [6.45, 7) is 0. The van der Waals surface area contributed by atoms with Gasteiger partial charge in [0.15, 0.2) is 9.61 Å². The molecule has 16 heavy (non-hydrogen) atoms. The lowest BCUT2D eigenvalue weighted by molar-refractivity contribution is 0.722. The van der Waals surface area contributed by atoms with Crippen LogP contribution in [0.3, 0.4) is 0 Å². The summed E-state index contributed by atoms with van der Waals surface area (Å²) >= 11 is 8.30. The first kappa shape index (κ1) is 11.8. The van der Waals surface area contributed by atoms with Crippen molar-refractivity contribution in [2.24, 2.45) is 7.05 Å². The largest absolute Gasteiger partial charge is 0.271 e. The molecule has 0 unspecified atom stereocenters. The van der Waals surface area contributed by atoms with E-state index in [1.165, 1.54) is 0 Å². The summed E-state index contributed by atoms with van der Waals surface area (Å²) in [7, 11) is 1.83. The van der Waals surface area contributed by atoms with Gasteiger partial charge in [0, 0.05) is 24.0 Å². The number of nitrogens with zero attached hydrogens (tertiary/aromatic N) is 4. The minimum absolute atomic E-state index is 0.442. The van der Waals surface area contributed by atoms with Gasteiger partial charge in [-0.3, -0.25) is 4.68 Å². The molecule has 82 valence electrons. The summed E-state index contributed by atoms with van der Waals surface area (Å²) in [4.78, 5) is 5.33. The first-order chi connectivity index (χ1) is 7.60. The molecule has 0 fully saturated rings. The highest BCUT2D eigenvalue weighted by Gasteiger charge is 2.11. The molecule has 0 saturated carbocycles. The minimum Gasteiger partial charge on any atom is -0.271 e. The fraction of sp³-hybridized carbons (Fsp3) is 0.222. The number of thiazole rings is 1. The van der Waals surface area contributed by atoms with E-state index in [0.717, 1.165) is 25.5 Å². The first-order valence-electron chi connectivity index (χ1n) is 4.34. The zero-order valence-corrected chi connectivity index (χ0v) is 12.2. The Labute approximate surface area is 113 Å². The number of hydrogen-bond acceptors (Lipinski definition) is 4. The molecule has 7 heteroatoms. The summed E-state index contributed by atoms with van der Waals surface area (Å²) in [6.07, 6.45) is 0.717. The van der Waals surface area contributed by atoms with Crippen LogP contribution >= 0.6 is 43.2 Å². The summed E-state index contributed by atoms with van der Waals surface area (Å²) in [5.74, 6) is 0. The molecular formula is C9H6Br2N4S. The van der Waals surface area contributed by atoms with Crippen molar-refractivity contribution < 1.29 is 0 Å². The van der Waals surface area contributed by atoms with Crippen LogP contribution in [0.2, 0.25) is 0 Å². The van der Waals surface area contributed by atoms with Crippen molar-refractivity contribution in [1.82, 2.24) is 14.8 Å². The van der Waals surface area contributed by atoms with Crippen LogP contribution in [0.5, 0.6) is 0 Å². The molecule has 0 aliphatic rings. The predicted molar refractivity (Wildman–Crippen MR) is 68.2 cm³/mol. The summed E-state index contributed by atoms with van der Waals surface area (Å²) in [5, 5.41) is 12.8. The topological polar surface area (TPSA) is 54.5 Å². The zero-order valence-electron chi connectivity index (χ0n) is 8.24. The van der Waals surface area contributed by atoms with Crippen LogP contribution in [-0.4, -0.2) is 14.8 Å².